The first-order chi connectivity index (χ1) is 12.5. The molecule has 2 amide bonds. The summed E-state index contributed by atoms with van der Waals surface area (Å²) in [6.07, 6.45) is 1.76. The largest absolute Gasteiger partial charge is 0.495 e. The third-order valence-corrected chi connectivity index (χ3v) is 4.69. The van der Waals surface area contributed by atoms with Gasteiger partial charge in [-0.3, -0.25) is 9.59 Å². The first kappa shape index (κ1) is 20.1. The second kappa shape index (κ2) is 10.0. The lowest BCUT2D eigenvalue weighted by Gasteiger charge is -2.37. The molecule has 144 valence electrons. The van der Waals surface area contributed by atoms with E-state index < -0.39 is 0 Å². The van der Waals surface area contributed by atoms with Crippen LogP contribution in [0.1, 0.15) is 33.1 Å². The number of carbonyl (C=O) groups excluding carboxylic acids is 2. The lowest BCUT2D eigenvalue weighted by atomic mass is 10.0. The van der Waals surface area contributed by atoms with Crippen molar-refractivity contribution in [3.05, 3.63) is 24.3 Å². The van der Waals surface area contributed by atoms with E-state index in [9.17, 15) is 9.59 Å². The van der Waals surface area contributed by atoms with Crippen LogP contribution >= 0.6 is 0 Å². The van der Waals surface area contributed by atoms with Gasteiger partial charge in [0, 0.05) is 45.6 Å². The zero-order valence-electron chi connectivity index (χ0n) is 16.2. The molecule has 1 aliphatic rings. The van der Waals surface area contributed by atoms with E-state index in [4.69, 9.17) is 4.74 Å². The molecule has 1 fully saturated rings. The number of nitrogens with one attached hydrogen (secondary N) is 1. The van der Waals surface area contributed by atoms with Crippen LogP contribution < -0.4 is 15.0 Å². The van der Waals surface area contributed by atoms with E-state index >= 15 is 0 Å². The minimum atomic E-state index is 0.0353. The van der Waals surface area contributed by atoms with Crippen molar-refractivity contribution in [3.8, 4) is 5.75 Å². The normalized spacial score (nSPS) is 15.5. The van der Waals surface area contributed by atoms with Gasteiger partial charge in [0.15, 0.2) is 0 Å². The van der Waals surface area contributed by atoms with Crippen LogP contribution in [0.4, 0.5) is 5.69 Å². The van der Waals surface area contributed by atoms with Crippen LogP contribution in [0.25, 0.3) is 0 Å². The van der Waals surface area contributed by atoms with Crippen molar-refractivity contribution in [3.63, 3.8) is 0 Å². The topological polar surface area (TPSA) is 61.9 Å². The van der Waals surface area contributed by atoms with Gasteiger partial charge in [-0.05, 0) is 24.5 Å². The van der Waals surface area contributed by atoms with E-state index in [0.717, 1.165) is 30.9 Å². The highest BCUT2D eigenvalue weighted by Crippen LogP contribution is 2.28. The maximum Gasteiger partial charge on any atom is 0.222 e. The molecule has 6 nitrogen and oxygen atoms in total. The third-order valence-electron chi connectivity index (χ3n) is 4.69. The van der Waals surface area contributed by atoms with Gasteiger partial charge in [-0.2, -0.15) is 0 Å². The summed E-state index contributed by atoms with van der Waals surface area (Å²) in [5.74, 6) is 1.10. The van der Waals surface area contributed by atoms with Gasteiger partial charge in [0.1, 0.15) is 5.75 Å². The minimum Gasteiger partial charge on any atom is -0.495 e. The van der Waals surface area contributed by atoms with E-state index in [0.29, 0.717) is 32.5 Å². The number of ether oxygens (including phenoxy) is 1. The number of anilines is 1. The van der Waals surface area contributed by atoms with Crippen LogP contribution in [0.5, 0.6) is 5.75 Å². The summed E-state index contributed by atoms with van der Waals surface area (Å²) in [5, 5.41) is 2.87. The van der Waals surface area contributed by atoms with Crippen molar-refractivity contribution < 1.29 is 14.3 Å². The first-order valence-corrected chi connectivity index (χ1v) is 9.47. The third kappa shape index (κ3) is 5.64. The molecule has 1 saturated heterocycles. The second-order valence-electron chi connectivity index (χ2n) is 6.90. The van der Waals surface area contributed by atoms with Crippen LogP contribution in [0.3, 0.4) is 0 Å². The minimum absolute atomic E-state index is 0.0353. The van der Waals surface area contributed by atoms with Crippen molar-refractivity contribution in [1.82, 2.24) is 10.2 Å². The predicted molar refractivity (Wildman–Crippen MR) is 103 cm³/mol. The predicted octanol–water partition coefficient (Wildman–Crippen LogP) is 2.29. The molecule has 1 aromatic rings. The Morgan fingerprint density at radius 1 is 1.15 bits per heavy atom. The molecule has 1 atom stereocenters. The number of hydrogen-bond donors (Lipinski definition) is 1. The first-order valence-electron chi connectivity index (χ1n) is 9.47. The molecule has 1 aromatic carbocycles. The van der Waals surface area contributed by atoms with Crippen molar-refractivity contribution in [2.45, 2.75) is 33.1 Å². The summed E-state index contributed by atoms with van der Waals surface area (Å²) >= 11 is 0. The van der Waals surface area contributed by atoms with Gasteiger partial charge in [0.2, 0.25) is 11.8 Å². The molecule has 0 saturated carbocycles. The number of methoxy groups -OCH3 is 1. The Hall–Kier alpha value is -2.24. The van der Waals surface area contributed by atoms with Crippen molar-refractivity contribution >= 4 is 17.5 Å². The fourth-order valence-electron chi connectivity index (χ4n) is 3.24. The lowest BCUT2D eigenvalue weighted by molar-refractivity contribution is -0.132. The number of hydrogen-bond acceptors (Lipinski definition) is 4. The molecule has 0 radical (unpaired) electrons. The van der Waals surface area contributed by atoms with Gasteiger partial charge in [-0.15, -0.1) is 0 Å². The van der Waals surface area contributed by atoms with Gasteiger partial charge in [0.25, 0.3) is 0 Å². The number of carbonyl (C=O) groups is 2. The maximum absolute atomic E-state index is 12.5. The van der Waals surface area contributed by atoms with E-state index in [2.05, 4.69) is 10.2 Å². The van der Waals surface area contributed by atoms with Crippen LogP contribution in [0.2, 0.25) is 0 Å². The molecule has 26 heavy (non-hydrogen) atoms. The van der Waals surface area contributed by atoms with Crippen LogP contribution in [-0.4, -0.2) is 56.5 Å². The maximum atomic E-state index is 12.5. The van der Waals surface area contributed by atoms with Crippen molar-refractivity contribution in [2.24, 2.45) is 5.92 Å². The second-order valence-corrected chi connectivity index (χ2v) is 6.90. The Kier molecular flexibility index (Phi) is 7.75. The van der Waals surface area contributed by atoms with Crippen LogP contribution in [0.15, 0.2) is 24.3 Å². The van der Waals surface area contributed by atoms with E-state index in [-0.39, 0.29) is 17.7 Å². The Morgan fingerprint density at radius 3 is 2.50 bits per heavy atom. The zero-order valence-corrected chi connectivity index (χ0v) is 16.2. The molecular formula is C20H31N3O3. The molecular weight excluding hydrogens is 330 g/mol. The molecule has 1 N–H and O–H groups in total. The molecule has 0 aliphatic carbocycles. The molecule has 0 aromatic heterocycles. The summed E-state index contributed by atoms with van der Waals surface area (Å²) in [6, 6.07) is 7.96. The number of para-hydroxylation sites is 2. The zero-order chi connectivity index (χ0) is 18.9. The van der Waals surface area contributed by atoms with Gasteiger partial charge in [-0.25, -0.2) is 0 Å². The summed E-state index contributed by atoms with van der Waals surface area (Å²) < 4.78 is 5.43. The number of nitrogens with zero attached hydrogens (tertiary/aromatic N) is 2. The van der Waals surface area contributed by atoms with Gasteiger partial charge in [0.05, 0.1) is 12.8 Å². The number of amides is 2. The summed E-state index contributed by atoms with van der Waals surface area (Å²) in [4.78, 5) is 28.5. The summed E-state index contributed by atoms with van der Waals surface area (Å²) in [6.45, 7) is 7.67. The highest BCUT2D eigenvalue weighted by Gasteiger charge is 2.24. The van der Waals surface area contributed by atoms with Crippen LogP contribution in [0, 0.1) is 5.92 Å². The fourth-order valence-corrected chi connectivity index (χ4v) is 3.24. The van der Waals surface area contributed by atoms with Gasteiger partial charge in [-0.1, -0.05) is 26.0 Å². The van der Waals surface area contributed by atoms with Crippen LogP contribution in [-0.2, 0) is 9.59 Å². The standard InChI is InChI=1S/C20H31N3O3/c1-4-9-21-19(24)14-16(2)15-20(25)23-12-10-22(11-13-23)17-7-5-6-8-18(17)26-3/h5-8,16H,4,9-15H2,1-3H3,(H,21,24). The fraction of sp³-hybridized carbons (Fsp3) is 0.600. The summed E-state index contributed by atoms with van der Waals surface area (Å²) in [7, 11) is 1.68. The Balaban J connectivity index is 1.80. The average molecular weight is 361 g/mol. The van der Waals surface area contributed by atoms with E-state index in [1.54, 1.807) is 7.11 Å². The van der Waals surface area contributed by atoms with Crippen molar-refractivity contribution in [1.29, 1.82) is 0 Å². The molecule has 0 bridgehead atoms. The molecule has 0 spiro atoms. The Bertz CT molecular complexity index is 598. The molecule has 1 unspecified atom stereocenters. The number of rotatable bonds is 8. The van der Waals surface area contributed by atoms with E-state index in [1.807, 2.05) is 43.0 Å². The highest BCUT2D eigenvalue weighted by atomic mass is 16.5. The monoisotopic (exact) mass is 361 g/mol. The van der Waals surface area contributed by atoms with Gasteiger partial charge < -0.3 is 19.9 Å². The average Bonchev–Trinajstić information content (AvgIpc) is 2.66. The smallest absolute Gasteiger partial charge is 0.222 e. The highest BCUT2D eigenvalue weighted by molar-refractivity contribution is 5.79. The number of benzene rings is 1. The number of piperazine rings is 1. The Labute approximate surface area is 156 Å². The Morgan fingerprint density at radius 2 is 1.85 bits per heavy atom. The molecule has 2 rings (SSSR count). The molecule has 1 heterocycles. The van der Waals surface area contributed by atoms with Gasteiger partial charge >= 0.3 is 0 Å². The van der Waals surface area contributed by atoms with E-state index in [1.165, 1.54) is 0 Å². The quantitative estimate of drug-likeness (QED) is 0.772. The lowest BCUT2D eigenvalue weighted by Crippen LogP contribution is -2.49. The van der Waals surface area contributed by atoms with Crippen molar-refractivity contribution in [2.75, 3.05) is 44.7 Å². The SMILES string of the molecule is CCCNC(=O)CC(C)CC(=O)N1CCN(c2ccccc2OC)CC1. The molecule has 6 heteroatoms. The molecule has 1 aliphatic heterocycles. The summed E-state index contributed by atoms with van der Waals surface area (Å²) in [5.41, 5.74) is 1.07.